The monoisotopic (exact) mass is 291 g/mol. The average Bonchev–Trinajstić information content (AvgIpc) is 2.49. The Morgan fingerprint density at radius 1 is 1.29 bits per heavy atom. The second kappa shape index (κ2) is 7.34. The van der Waals surface area contributed by atoms with Crippen molar-refractivity contribution in [1.82, 2.24) is 5.32 Å². The van der Waals surface area contributed by atoms with Gasteiger partial charge in [0.15, 0.2) is 6.10 Å². The number of ether oxygens (including phenoxy) is 2. The molecule has 1 aromatic rings. The fourth-order valence-corrected chi connectivity index (χ4v) is 2.76. The summed E-state index contributed by atoms with van der Waals surface area (Å²) in [5.74, 6) is 1.87. The molecule has 1 aliphatic rings. The molecule has 4 heteroatoms. The van der Waals surface area contributed by atoms with Crippen LogP contribution in [0.25, 0.3) is 0 Å². The van der Waals surface area contributed by atoms with Gasteiger partial charge >= 0.3 is 0 Å². The molecule has 1 amide bonds. The molecule has 0 saturated heterocycles. The molecule has 1 aromatic carbocycles. The van der Waals surface area contributed by atoms with Crippen molar-refractivity contribution < 1.29 is 14.3 Å². The number of hydrogen-bond acceptors (Lipinski definition) is 3. The number of carbonyl (C=O) groups excluding carboxylic acids is 1. The second-order valence-electron chi connectivity index (χ2n) is 5.82. The van der Waals surface area contributed by atoms with Crippen LogP contribution in [0.1, 0.15) is 39.5 Å². The lowest BCUT2D eigenvalue weighted by molar-refractivity contribution is -0.128. The van der Waals surface area contributed by atoms with Crippen molar-refractivity contribution in [2.75, 3.05) is 7.11 Å². The summed E-state index contributed by atoms with van der Waals surface area (Å²) in [4.78, 5) is 12.2. The number of hydrogen-bond donors (Lipinski definition) is 1. The molecule has 2 rings (SSSR count). The third-order valence-corrected chi connectivity index (χ3v) is 4.16. The first-order chi connectivity index (χ1) is 10.1. The molecule has 1 N–H and O–H groups in total. The average molecular weight is 291 g/mol. The van der Waals surface area contributed by atoms with E-state index in [9.17, 15) is 4.79 Å². The molecule has 1 aliphatic carbocycles. The first kappa shape index (κ1) is 15.7. The molecule has 0 bridgehead atoms. The normalized spacial score (nSPS) is 23.2. The van der Waals surface area contributed by atoms with Gasteiger partial charge in [0.25, 0.3) is 5.91 Å². The quantitative estimate of drug-likeness (QED) is 0.906. The molecule has 0 aliphatic heterocycles. The van der Waals surface area contributed by atoms with Crippen molar-refractivity contribution >= 4 is 5.91 Å². The number of nitrogens with one attached hydrogen (secondary N) is 1. The van der Waals surface area contributed by atoms with Gasteiger partial charge in [-0.3, -0.25) is 4.79 Å². The van der Waals surface area contributed by atoms with Crippen LogP contribution in [0, 0.1) is 5.92 Å². The standard InChI is InChI=1S/C17H25NO3/c1-12-7-4-5-10-16(12)18-17(19)13(2)21-15-9-6-8-14(11-15)20-3/h6,8-9,11-13,16H,4-5,7,10H2,1-3H3,(H,18,19). The van der Waals surface area contributed by atoms with E-state index in [4.69, 9.17) is 9.47 Å². The van der Waals surface area contributed by atoms with Gasteiger partial charge in [-0.1, -0.05) is 25.8 Å². The van der Waals surface area contributed by atoms with Gasteiger partial charge in [0.1, 0.15) is 11.5 Å². The van der Waals surface area contributed by atoms with Crippen LogP contribution in [0.15, 0.2) is 24.3 Å². The second-order valence-corrected chi connectivity index (χ2v) is 5.82. The summed E-state index contributed by atoms with van der Waals surface area (Å²) in [6, 6.07) is 7.59. The number of amides is 1. The minimum Gasteiger partial charge on any atom is -0.497 e. The van der Waals surface area contributed by atoms with E-state index in [2.05, 4.69) is 12.2 Å². The maximum atomic E-state index is 12.2. The van der Waals surface area contributed by atoms with Crippen LogP contribution in [0.2, 0.25) is 0 Å². The summed E-state index contributed by atoms with van der Waals surface area (Å²) in [6.45, 7) is 3.99. The first-order valence-electron chi connectivity index (χ1n) is 7.71. The Kier molecular flexibility index (Phi) is 5.48. The molecule has 4 nitrogen and oxygen atoms in total. The molecule has 1 saturated carbocycles. The summed E-state index contributed by atoms with van der Waals surface area (Å²) in [6.07, 6.45) is 4.21. The van der Waals surface area contributed by atoms with E-state index in [1.807, 2.05) is 18.2 Å². The molecule has 21 heavy (non-hydrogen) atoms. The molecule has 116 valence electrons. The lowest BCUT2D eigenvalue weighted by Gasteiger charge is -2.30. The Morgan fingerprint density at radius 2 is 2.00 bits per heavy atom. The highest BCUT2D eigenvalue weighted by molar-refractivity contribution is 5.81. The van der Waals surface area contributed by atoms with Crippen LogP contribution in [-0.2, 0) is 4.79 Å². The van der Waals surface area contributed by atoms with E-state index in [1.165, 1.54) is 19.3 Å². The van der Waals surface area contributed by atoms with Gasteiger partial charge in [0.2, 0.25) is 0 Å². The highest BCUT2D eigenvalue weighted by Crippen LogP contribution is 2.24. The first-order valence-corrected chi connectivity index (χ1v) is 7.71. The van der Waals surface area contributed by atoms with Crippen LogP contribution in [-0.4, -0.2) is 25.2 Å². The topological polar surface area (TPSA) is 47.6 Å². The molecule has 0 heterocycles. The van der Waals surface area contributed by atoms with Gasteiger partial charge in [-0.2, -0.15) is 0 Å². The molecule has 0 radical (unpaired) electrons. The van der Waals surface area contributed by atoms with Crippen molar-refractivity contribution in [2.45, 2.75) is 51.7 Å². The van der Waals surface area contributed by atoms with Crippen molar-refractivity contribution in [1.29, 1.82) is 0 Å². The number of methoxy groups -OCH3 is 1. The third kappa shape index (κ3) is 4.38. The van der Waals surface area contributed by atoms with Crippen LogP contribution in [0.5, 0.6) is 11.5 Å². The Bertz CT molecular complexity index is 475. The third-order valence-electron chi connectivity index (χ3n) is 4.16. The van der Waals surface area contributed by atoms with Crippen molar-refractivity contribution in [3.8, 4) is 11.5 Å². The van der Waals surface area contributed by atoms with Crippen molar-refractivity contribution in [2.24, 2.45) is 5.92 Å². The highest BCUT2D eigenvalue weighted by atomic mass is 16.5. The van der Waals surface area contributed by atoms with Gasteiger partial charge < -0.3 is 14.8 Å². The summed E-state index contributed by atoms with van der Waals surface area (Å²) >= 11 is 0. The minimum absolute atomic E-state index is 0.0448. The number of rotatable bonds is 5. The molecule has 3 unspecified atom stereocenters. The van der Waals surface area contributed by atoms with E-state index in [-0.39, 0.29) is 11.9 Å². The zero-order valence-electron chi connectivity index (χ0n) is 13.1. The maximum absolute atomic E-state index is 12.2. The number of benzene rings is 1. The van der Waals surface area contributed by atoms with Crippen molar-refractivity contribution in [3.63, 3.8) is 0 Å². The Hall–Kier alpha value is -1.71. The fraction of sp³-hybridized carbons (Fsp3) is 0.588. The van der Waals surface area contributed by atoms with Crippen molar-refractivity contribution in [3.05, 3.63) is 24.3 Å². The Labute approximate surface area is 126 Å². The van der Waals surface area contributed by atoms with Gasteiger partial charge in [0, 0.05) is 12.1 Å². The molecule has 0 aromatic heterocycles. The predicted molar refractivity (Wildman–Crippen MR) is 82.6 cm³/mol. The summed E-state index contributed by atoms with van der Waals surface area (Å²) < 4.78 is 10.9. The molecular formula is C17H25NO3. The van der Waals surface area contributed by atoms with Gasteiger partial charge in [-0.15, -0.1) is 0 Å². The largest absolute Gasteiger partial charge is 0.497 e. The number of carbonyl (C=O) groups is 1. The minimum atomic E-state index is -0.508. The smallest absolute Gasteiger partial charge is 0.261 e. The zero-order chi connectivity index (χ0) is 15.2. The Morgan fingerprint density at radius 3 is 2.71 bits per heavy atom. The lowest BCUT2D eigenvalue weighted by Crippen LogP contribution is -2.46. The van der Waals surface area contributed by atoms with Crippen LogP contribution >= 0.6 is 0 Å². The highest BCUT2D eigenvalue weighted by Gasteiger charge is 2.25. The zero-order valence-corrected chi connectivity index (χ0v) is 13.1. The van der Waals surface area contributed by atoms with E-state index in [1.54, 1.807) is 20.1 Å². The lowest BCUT2D eigenvalue weighted by atomic mass is 9.86. The molecule has 0 spiro atoms. The van der Waals surface area contributed by atoms with E-state index in [0.29, 0.717) is 11.7 Å². The summed E-state index contributed by atoms with van der Waals surface area (Å²) in [7, 11) is 1.61. The van der Waals surface area contributed by atoms with E-state index >= 15 is 0 Å². The predicted octanol–water partition coefficient (Wildman–Crippen LogP) is 3.16. The fourth-order valence-electron chi connectivity index (χ4n) is 2.76. The maximum Gasteiger partial charge on any atom is 0.261 e. The Balaban J connectivity index is 1.89. The van der Waals surface area contributed by atoms with Gasteiger partial charge in [0.05, 0.1) is 7.11 Å². The van der Waals surface area contributed by atoms with E-state index < -0.39 is 6.10 Å². The van der Waals surface area contributed by atoms with Crippen LogP contribution in [0.3, 0.4) is 0 Å². The van der Waals surface area contributed by atoms with Gasteiger partial charge in [-0.05, 0) is 37.8 Å². The summed E-state index contributed by atoms with van der Waals surface area (Å²) in [5, 5.41) is 3.12. The van der Waals surface area contributed by atoms with E-state index in [0.717, 1.165) is 12.2 Å². The summed E-state index contributed by atoms with van der Waals surface area (Å²) in [5.41, 5.74) is 0. The molecule has 3 atom stereocenters. The van der Waals surface area contributed by atoms with Gasteiger partial charge in [-0.25, -0.2) is 0 Å². The molecular weight excluding hydrogens is 266 g/mol. The van der Waals surface area contributed by atoms with Crippen LogP contribution in [0.4, 0.5) is 0 Å². The molecule has 1 fully saturated rings. The SMILES string of the molecule is COc1cccc(OC(C)C(=O)NC2CCCCC2C)c1. The van der Waals surface area contributed by atoms with Crippen LogP contribution < -0.4 is 14.8 Å².